The number of nitrogens with two attached hydrogens (primary N) is 1. The summed E-state index contributed by atoms with van der Waals surface area (Å²) in [5.74, 6) is 5.43. The van der Waals surface area contributed by atoms with Crippen molar-refractivity contribution in [1.29, 1.82) is 0 Å². The van der Waals surface area contributed by atoms with E-state index in [4.69, 9.17) is 17.3 Å². The van der Waals surface area contributed by atoms with E-state index in [2.05, 4.69) is 26.8 Å². The maximum atomic E-state index is 12.1. The first kappa shape index (κ1) is 14.4. The van der Waals surface area contributed by atoms with Crippen molar-refractivity contribution in [3.63, 3.8) is 0 Å². The molecule has 2 rings (SSSR count). The van der Waals surface area contributed by atoms with Gasteiger partial charge in [-0.15, -0.1) is 0 Å². The second-order valence-corrected chi connectivity index (χ2v) is 5.81. The van der Waals surface area contributed by atoms with Crippen LogP contribution < -0.4 is 10.5 Å². The van der Waals surface area contributed by atoms with Gasteiger partial charge in [-0.3, -0.25) is 9.82 Å². The Morgan fingerprint density at radius 2 is 2.20 bits per heavy atom. The zero-order valence-corrected chi connectivity index (χ0v) is 11.8. The third-order valence-corrected chi connectivity index (χ3v) is 3.85. The molecule has 1 aromatic heterocycles. The minimum Gasteiger partial charge on any atom is -0.320 e. The van der Waals surface area contributed by atoms with Crippen LogP contribution in [-0.2, 0) is 10.0 Å². The maximum Gasteiger partial charge on any atom is 0.278 e. The van der Waals surface area contributed by atoms with Gasteiger partial charge in [0.25, 0.3) is 10.0 Å². The monoisotopic (exact) mass is 310 g/mol. The van der Waals surface area contributed by atoms with Gasteiger partial charge < -0.3 is 5.73 Å². The van der Waals surface area contributed by atoms with Gasteiger partial charge in [0.2, 0.25) is 0 Å². The van der Waals surface area contributed by atoms with Crippen molar-refractivity contribution in [2.75, 3.05) is 11.3 Å². The van der Waals surface area contributed by atoms with E-state index in [1.807, 2.05) is 0 Å². The van der Waals surface area contributed by atoms with Crippen LogP contribution in [0.3, 0.4) is 0 Å². The van der Waals surface area contributed by atoms with E-state index in [1.165, 1.54) is 18.3 Å². The molecule has 0 amide bonds. The summed E-state index contributed by atoms with van der Waals surface area (Å²) in [5, 5.41) is 6.41. The van der Waals surface area contributed by atoms with Crippen molar-refractivity contribution < 1.29 is 8.42 Å². The highest BCUT2D eigenvalue weighted by Crippen LogP contribution is 2.22. The molecule has 8 heteroatoms. The zero-order valence-electron chi connectivity index (χ0n) is 10.2. The minimum absolute atomic E-state index is 0.0369. The lowest BCUT2D eigenvalue weighted by Gasteiger charge is -2.08. The van der Waals surface area contributed by atoms with E-state index in [0.717, 1.165) is 0 Å². The van der Waals surface area contributed by atoms with Crippen LogP contribution in [0.2, 0.25) is 5.02 Å². The average Bonchev–Trinajstić information content (AvgIpc) is 2.93. The standard InChI is InChI=1S/C12H11ClN4O2S/c13-10-3-4-11(9(8-10)2-1-6-14)17-20(18,19)12-5-7-15-16-12/h3-5,7-8,17H,6,14H2,(H,15,16). The molecule has 1 aromatic carbocycles. The van der Waals surface area contributed by atoms with Crippen LogP contribution >= 0.6 is 11.6 Å². The fourth-order valence-electron chi connectivity index (χ4n) is 1.45. The Balaban J connectivity index is 2.39. The van der Waals surface area contributed by atoms with Gasteiger partial charge in [-0.2, -0.15) is 13.5 Å². The molecule has 0 aliphatic carbocycles. The lowest BCUT2D eigenvalue weighted by Crippen LogP contribution is -2.14. The molecular formula is C12H11ClN4O2S. The molecule has 1 heterocycles. The number of rotatable bonds is 3. The molecule has 0 saturated heterocycles. The molecule has 0 saturated carbocycles. The smallest absolute Gasteiger partial charge is 0.278 e. The van der Waals surface area contributed by atoms with Gasteiger partial charge in [0.1, 0.15) is 0 Å². The third kappa shape index (κ3) is 3.30. The number of aromatic nitrogens is 2. The first-order chi connectivity index (χ1) is 9.53. The van der Waals surface area contributed by atoms with E-state index in [-0.39, 0.29) is 11.6 Å². The van der Waals surface area contributed by atoms with Crippen LogP contribution in [0.25, 0.3) is 0 Å². The second-order valence-electron chi connectivity index (χ2n) is 3.72. The van der Waals surface area contributed by atoms with Crippen molar-refractivity contribution >= 4 is 27.3 Å². The van der Waals surface area contributed by atoms with E-state index < -0.39 is 10.0 Å². The maximum absolute atomic E-state index is 12.1. The van der Waals surface area contributed by atoms with Gasteiger partial charge in [0.15, 0.2) is 5.03 Å². The number of nitrogens with one attached hydrogen (secondary N) is 2. The van der Waals surface area contributed by atoms with Crippen molar-refractivity contribution in [2.45, 2.75) is 5.03 Å². The van der Waals surface area contributed by atoms with Crippen LogP contribution in [0.15, 0.2) is 35.5 Å². The van der Waals surface area contributed by atoms with Crippen LogP contribution in [0.5, 0.6) is 0 Å². The quantitative estimate of drug-likeness (QED) is 0.741. The first-order valence-electron chi connectivity index (χ1n) is 5.53. The Bertz CT molecular complexity index is 760. The Hall–Kier alpha value is -2.01. The summed E-state index contributed by atoms with van der Waals surface area (Å²) in [7, 11) is -3.74. The van der Waals surface area contributed by atoms with Crippen molar-refractivity contribution in [2.24, 2.45) is 5.73 Å². The lowest BCUT2D eigenvalue weighted by atomic mass is 10.2. The molecule has 0 radical (unpaired) electrons. The van der Waals surface area contributed by atoms with Gasteiger partial charge in [-0.1, -0.05) is 23.4 Å². The van der Waals surface area contributed by atoms with Crippen molar-refractivity contribution in [3.05, 3.63) is 41.0 Å². The minimum atomic E-state index is -3.74. The van der Waals surface area contributed by atoms with Crippen molar-refractivity contribution in [1.82, 2.24) is 10.2 Å². The van der Waals surface area contributed by atoms with Gasteiger partial charge in [0, 0.05) is 5.02 Å². The van der Waals surface area contributed by atoms with E-state index in [1.54, 1.807) is 12.1 Å². The number of H-pyrrole nitrogens is 1. The van der Waals surface area contributed by atoms with Crippen LogP contribution in [0, 0.1) is 11.8 Å². The topological polar surface area (TPSA) is 101 Å². The number of benzene rings is 1. The lowest BCUT2D eigenvalue weighted by molar-refractivity contribution is 0.597. The Morgan fingerprint density at radius 1 is 1.40 bits per heavy atom. The highest BCUT2D eigenvalue weighted by Gasteiger charge is 2.17. The predicted octanol–water partition coefficient (Wildman–Crippen LogP) is 1.17. The molecular weight excluding hydrogens is 300 g/mol. The highest BCUT2D eigenvalue weighted by atomic mass is 35.5. The number of halogens is 1. The number of sulfonamides is 1. The Labute approximate surface area is 121 Å². The summed E-state index contributed by atoms with van der Waals surface area (Å²) in [5.41, 5.74) is 6.08. The number of aromatic amines is 1. The zero-order chi connectivity index (χ0) is 14.6. The summed E-state index contributed by atoms with van der Waals surface area (Å²) in [4.78, 5) is 0. The number of hydrogen-bond donors (Lipinski definition) is 3. The predicted molar refractivity (Wildman–Crippen MR) is 76.8 cm³/mol. The van der Waals surface area contributed by atoms with E-state index >= 15 is 0 Å². The normalized spacial score (nSPS) is 10.7. The molecule has 2 aromatic rings. The molecule has 0 fully saturated rings. The molecule has 0 spiro atoms. The summed E-state index contributed by atoms with van der Waals surface area (Å²) in [6, 6.07) is 6.02. The van der Waals surface area contributed by atoms with Gasteiger partial charge in [-0.05, 0) is 24.3 Å². The Kier molecular flexibility index (Phi) is 4.29. The SMILES string of the molecule is NCC#Cc1cc(Cl)ccc1NS(=O)(=O)c1ccn[nH]1. The molecule has 6 nitrogen and oxygen atoms in total. The average molecular weight is 311 g/mol. The fraction of sp³-hybridized carbons (Fsp3) is 0.0833. The third-order valence-electron chi connectivity index (χ3n) is 2.32. The number of nitrogens with zero attached hydrogens (tertiary/aromatic N) is 1. The summed E-state index contributed by atoms with van der Waals surface area (Å²) in [6.07, 6.45) is 1.35. The summed E-state index contributed by atoms with van der Waals surface area (Å²) < 4.78 is 26.6. The van der Waals surface area contributed by atoms with Gasteiger partial charge >= 0.3 is 0 Å². The molecule has 0 aliphatic heterocycles. The Morgan fingerprint density at radius 3 is 2.85 bits per heavy atom. The summed E-state index contributed by atoms with van der Waals surface area (Å²) in [6.45, 7) is 0.166. The van der Waals surface area contributed by atoms with Gasteiger partial charge in [-0.25, -0.2) is 0 Å². The van der Waals surface area contributed by atoms with Crippen LogP contribution in [-0.4, -0.2) is 25.2 Å². The molecule has 0 aliphatic rings. The molecule has 0 bridgehead atoms. The van der Waals surface area contributed by atoms with E-state index in [9.17, 15) is 8.42 Å². The second kappa shape index (κ2) is 5.96. The van der Waals surface area contributed by atoms with Crippen molar-refractivity contribution in [3.8, 4) is 11.8 Å². The largest absolute Gasteiger partial charge is 0.320 e. The molecule has 20 heavy (non-hydrogen) atoms. The fourth-order valence-corrected chi connectivity index (χ4v) is 2.61. The molecule has 4 N–H and O–H groups in total. The molecule has 0 unspecified atom stereocenters. The highest BCUT2D eigenvalue weighted by molar-refractivity contribution is 7.92. The van der Waals surface area contributed by atoms with Crippen LogP contribution in [0.1, 0.15) is 5.56 Å². The molecule has 0 atom stereocenters. The van der Waals surface area contributed by atoms with E-state index in [0.29, 0.717) is 16.3 Å². The first-order valence-corrected chi connectivity index (χ1v) is 7.40. The number of hydrogen-bond acceptors (Lipinski definition) is 4. The number of anilines is 1. The summed E-state index contributed by atoms with van der Waals surface area (Å²) >= 11 is 5.87. The van der Waals surface area contributed by atoms with Crippen LogP contribution in [0.4, 0.5) is 5.69 Å². The molecule has 104 valence electrons. The van der Waals surface area contributed by atoms with Gasteiger partial charge in [0.05, 0.1) is 24.0 Å².